The number of ketones is 1. The highest BCUT2D eigenvalue weighted by Gasteiger charge is 2.45. The van der Waals surface area contributed by atoms with Crippen molar-refractivity contribution in [1.82, 2.24) is 34.0 Å². The van der Waals surface area contributed by atoms with Gasteiger partial charge in [0, 0.05) is 55.8 Å². The molecule has 0 saturated carbocycles. The lowest BCUT2D eigenvalue weighted by Crippen LogP contribution is -2.31. The molecule has 135 heavy (non-hydrogen) atoms. The van der Waals surface area contributed by atoms with Crippen LogP contribution in [-0.4, -0.2) is 140 Å². The Labute approximate surface area is 811 Å². The first kappa shape index (κ1) is 112. The predicted octanol–water partition coefficient (Wildman–Crippen LogP) is 27.0. The topological polar surface area (TPSA) is 308 Å². The summed E-state index contributed by atoms with van der Waals surface area (Å²) in [6.45, 7) is 6.76. The SMILES string of the molecule is CCCCCCCCCCCCCCCCCCOc1cc(C(=O)N(C)CCOC(=O)CCC(=O)Nc2ccn([C@H]3C[C@@H](OC(=O)CCC(C)=O)[C@@H](COP(=O)(O[C@@H]4C[C@H](n5cnc6c(NC(=O)c7ccccc7)ncnc65)O[C@@H]4CC)SCc4ccccc4)O3)c(=O)n2)cc(OCCCCCCCCCCCCCCCCCC)c1OCCCCCCCCCCCCCCCCCC. The van der Waals surface area contributed by atoms with E-state index in [1.807, 2.05) is 43.3 Å². The summed E-state index contributed by atoms with van der Waals surface area (Å²) in [4.78, 5) is 113. The first-order valence-corrected chi connectivity index (χ1v) is 55.6. The molecule has 0 radical (unpaired) electrons. The van der Waals surface area contributed by atoms with Crippen LogP contribution in [0.1, 0.15) is 426 Å². The summed E-state index contributed by atoms with van der Waals surface area (Å²) < 4.78 is 75.9. The molecule has 2 aliphatic heterocycles. The maximum Gasteiger partial charge on any atom is 0.389 e. The van der Waals surface area contributed by atoms with Gasteiger partial charge in [-0.25, -0.2) is 24.3 Å². The van der Waals surface area contributed by atoms with Crippen molar-refractivity contribution in [3.8, 4) is 17.2 Å². The van der Waals surface area contributed by atoms with Crippen LogP contribution in [0.2, 0.25) is 0 Å². The van der Waals surface area contributed by atoms with Gasteiger partial charge in [0.15, 0.2) is 28.5 Å². The Hall–Kier alpha value is -8.07. The smallest absolute Gasteiger partial charge is 0.389 e. The third-order valence-corrected chi connectivity index (χ3v) is 29.3. The van der Waals surface area contributed by atoms with Crippen LogP contribution in [0.5, 0.6) is 17.2 Å². The van der Waals surface area contributed by atoms with Crippen LogP contribution in [0.15, 0.2) is 103 Å². The quantitative estimate of drug-likeness (QED) is 0.0204. The van der Waals surface area contributed by atoms with E-state index < -0.39 is 73.8 Å². The number of ether oxygens (including phenoxy) is 7. The number of hydrogen-bond acceptors (Lipinski definition) is 22. The van der Waals surface area contributed by atoms with Gasteiger partial charge < -0.3 is 53.5 Å². The molecule has 26 nitrogen and oxygen atoms in total. The van der Waals surface area contributed by atoms with Gasteiger partial charge in [-0.05, 0) is 79.9 Å². The molecule has 2 saturated heterocycles. The fourth-order valence-corrected chi connectivity index (χ4v) is 20.9. The second-order valence-corrected chi connectivity index (χ2v) is 41.2. The molecule has 6 aromatic rings. The molecule has 7 atom stereocenters. The molecule has 0 bridgehead atoms. The van der Waals surface area contributed by atoms with Crippen LogP contribution >= 0.6 is 18.2 Å². The average molecular weight is 1910 g/mol. The standard InChI is InChI=1S/C107H166N9O17PS/c1-7-11-14-17-20-23-26-29-32-35-38-41-44-47-50-59-73-125-92-77-88(78-93(126-74-60-51-48-45-42-39-36-33-30-27-24-21-18-15-12-8-2)102(92)128-75-61-52-49-46-43-40-37-34-31-28-25-22-19-16-13-9-3)106(122)114(6)72-76-127-99(119)69-67-96(118)111-95-70-71-115(107(123)112-95)97-79-90(132-100(120)68-66-85(5)117)94(131-97)81-129-134(124,135-82-86-62-55-53-56-63-86)133-91-80-98(130-89(91)10-4)116-84-110-101-103(108-83-109-104(101)116)113-105(121)87-64-57-54-58-65-87/h53-58,62-65,70-71,77-78,83-84,89-91,94,97-98H,7-52,59-61,66-69,72-76,79-82H2,1-6H3,(H,108,109,113,121)(H,111,112,118,123)/t89-,90-,91-,94-,97-,98-,134?/m1/s1. The monoisotopic (exact) mass is 1910 g/mol. The summed E-state index contributed by atoms with van der Waals surface area (Å²) in [5.74, 6) is -1.12. The van der Waals surface area contributed by atoms with Gasteiger partial charge in [-0.3, -0.25) is 42.2 Å². The van der Waals surface area contributed by atoms with E-state index in [0.717, 1.165) is 79.3 Å². The number of amides is 3. The number of nitrogens with one attached hydrogen (secondary N) is 2. The number of rotatable bonds is 79. The number of nitrogens with zero attached hydrogens (tertiary/aromatic N) is 7. The van der Waals surface area contributed by atoms with Gasteiger partial charge in [0.2, 0.25) is 11.7 Å². The third-order valence-electron chi connectivity index (χ3n) is 25.6. The number of likely N-dealkylation sites (N-methyl/N-ethyl adjacent to an activating group) is 1. The van der Waals surface area contributed by atoms with Crippen molar-refractivity contribution in [2.24, 2.45) is 0 Å². The van der Waals surface area contributed by atoms with Gasteiger partial charge in [0.1, 0.15) is 49.2 Å². The highest BCUT2D eigenvalue weighted by Crippen LogP contribution is 2.64. The van der Waals surface area contributed by atoms with Gasteiger partial charge in [-0.1, -0.05) is 365 Å². The average Bonchev–Trinajstić information content (AvgIpc) is 1.62. The Balaban J connectivity index is 0.853. The Morgan fingerprint density at radius 2 is 0.956 bits per heavy atom. The number of anilines is 2. The van der Waals surface area contributed by atoms with Crippen molar-refractivity contribution in [3.05, 3.63) is 125 Å². The zero-order valence-electron chi connectivity index (χ0n) is 83.0. The van der Waals surface area contributed by atoms with E-state index in [4.69, 9.17) is 42.2 Å². The molecule has 2 N–H and O–H groups in total. The van der Waals surface area contributed by atoms with Crippen LogP contribution in [0, 0.1) is 0 Å². The normalized spacial score (nSPS) is 16.3. The van der Waals surface area contributed by atoms with Crippen molar-refractivity contribution >= 4 is 76.4 Å². The van der Waals surface area contributed by atoms with Gasteiger partial charge in [-0.15, -0.1) is 0 Å². The Bertz CT molecular complexity index is 4350. The number of esters is 2. The molecule has 2 fully saturated rings. The van der Waals surface area contributed by atoms with E-state index in [2.05, 4.69) is 51.3 Å². The minimum absolute atomic E-state index is 0.0481. The van der Waals surface area contributed by atoms with Gasteiger partial charge in [0.25, 0.3) is 11.8 Å². The molecule has 3 aromatic carbocycles. The van der Waals surface area contributed by atoms with Crippen LogP contribution < -0.4 is 30.5 Å². The van der Waals surface area contributed by atoms with Crippen molar-refractivity contribution in [2.45, 2.75) is 430 Å². The van der Waals surface area contributed by atoms with Crippen LogP contribution in [-0.2, 0) is 57.5 Å². The first-order chi connectivity index (χ1) is 66.0. The molecular formula is C107H166N9O17PS. The molecule has 0 spiro atoms. The molecule has 2 aliphatic rings. The van der Waals surface area contributed by atoms with Crippen molar-refractivity contribution in [2.75, 3.05) is 57.3 Å². The number of fused-ring (bicyclic) bond motifs is 1. The fourth-order valence-electron chi connectivity index (χ4n) is 17.4. The lowest BCUT2D eigenvalue weighted by molar-refractivity contribution is -0.153. The number of Topliss-reactive ketones (excluding diaryl/α,β-unsaturated/α-hetero) is 1. The number of carbonyl (C=O) groups is 6. The largest absolute Gasteiger partial charge is 0.490 e. The predicted molar refractivity (Wildman–Crippen MR) is 539 cm³/mol. The Kier molecular flexibility index (Phi) is 56.6. The zero-order chi connectivity index (χ0) is 96.0. The lowest BCUT2D eigenvalue weighted by Gasteiger charge is -2.26. The van der Waals surface area contributed by atoms with E-state index in [1.165, 1.54) is 287 Å². The minimum Gasteiger partial charge on any atom is -0.490 e. The van der Waals surface area contributed by atoms with Gasteiger partial charge in [0.05, 0.1) is 64.3 Å². The van der Waals surface area contributed by atoms with E-state index in [1.54, 1.807) is 48.0 Å². The number of carbonyl (C=O) groups excluding carboxylic acids is 6. The lowest BCUT2D eigenvalue weighted by atomic mass is 10.0. The molecule has 5 heterocycles. The molecular weight excluding hydrogens is 1750 g/mol. The van der Waals surface area contributed by atoms with E-state index in [0.29, 0.717) is 65.8 Å². The number of benzene rings is 3. The number of hydrogen-bond donors (Lipinski definition) is 2. The van der Waals surface area contributed by atoms with Crippen molar-refractivity contribution in [1.29, 1.82) is 0 Å². The molecule has 0 aliphatic carbocycles. The summed E-state index contributed by atoms with van der Waals surface area (Å²) >= 11 is 0.954. The summed E-state index contributed by atoms with van der Waals surface area (Å²) in [7, 11) is 1.66. The highest BCUT2D eigenvalue weighted by atomic mass is 32.7. The number of unbranched alkanes of at least 4 members (excludes halogenated alkanes) is 45. The van der Waals surface area contributed by atoms with Crippen LogP contribution in [0.4, 0.5) is 11.6 Å². The number of aromatic nitrogens is 6. The zero-order valence-corrected chi connectivity index (χ0v) is 84.7. The summed E-state index contributed by atoms with van der Waals surface area (Å²) in [6.07, 6.45) is 59.5. The fraction of sp³-hybridized carbons (Fsp3) is 0.692. The first-order valence-electron chi connectivity index (χ1n) is 52.5. The van der Waals surface area contributed by atoms with Crippen molar-refractivity contribution in [3.63, 3.8) is 0 Å². The third kappa shape index (κ3) is 44.7. The maximum absolute atomic E-state index is 15.4. The molecule has 752 valence electrons. The van der Waals surface area contributed by atoms with E-state index in [9.17, 15) is 33.6 Å². The molecule has 3 amide bonds. The molecule has 28 heteroatoms. The van der Waals surface area contributed by atoms with Crippen LogP contribution in [0.3, 0.4) is 0 Å². The second kappa shape index (κ2) is 68.1. The maximum atomic E-state index is 15.4. The Morgan fingerprint density at radius 1 is 0.496 bits per heavy atom. The molecule has 1 unspecified atom stereocenters. The summed E-state index contributed by atoms with van der Waals surface area (Å²) in [5.41, 5.74) is 1.49. The van der Waals surface area contributed by atoms with E-state index >= 15 is 4.57 Å². The highest BCUT2D eigenvalue weighted by molar-refractivity contribution is 8.54. The minimum atomic E-state index is -4.22. The molecule has 8 rings (SSSR count). The van der Waals surface area contributed by atoms with Gasteiger partial charge in [-0.2, -0.15) is 4.98 Å². The Morgan fingerprint density at radius 3 is 1.44 bits per heavy atom. The van der Waals surface area contributed by atoms with Crippen molar-refractivity contribution < 1.29 is 75.5 Å². The van der Waals surface area contributed by atoms with E-state index in [-0.39, 0.29) is 86.7 Å². The van der Waals surface area contributed by atoms with Crippen LogP contribution in [0.25, 0.3) is 11.2 Å². The second-order valence-electron chi connectivity index (χ2n) is 37.1. The number of imidazole rings is 1. The molecule has 3 aromatic heterocycles. The summed E-state index contributed by atoms with van der Waals surface area (Å²) in [5, 5.41) is 5.43. The summed E-state index contributed by atoms with van der Waals surface area (Å²) in [6, 6.07) is 23.0. The van der Waals surface area contributed by atoms with Gasteiger partial charge >= 0.3 is 24.4 Å².